The maximum atomic E-state index is 4.63. The second kappa shape index (κ2) is 9.20. The van der Waals surface area contributed by atoms with Crippen LogP contribution in [-0.2, 0) is 26.4 Å². The highest BCUT2D eigenvalue weighted by Crippen LogP contribution is 2.15. The molecule has 136 valence electrons. The first-order chi connectivity index (χ1) is 12.1. The van der Waals surface area contributed by atoms with E-state index in [1.165, 1.54) is 16.8 Å². The molecule has 2 aromatic heterocycles. The Morgan fingerprint density at radius 1 is 1.20 bits per heavy atom. The topological polar surface area (TPSA) is 67.1 Å². The quantitative estimate of drug-likeness (QED) is 0.599. The molecular weight excluding hydrogens is 312 g/mol. The van der Waals surface area contributed by atoms with E-state index in [0.717, 1.165) is 37.6 Å². The third-order valence-electron chi connectivity index (χ3n) is 4.53. The molecule has 0 saturated heterocycles. The van der Waals surface area contributed by atoms with Gasteiger partial charge in [0.1, 0.15) is 0 Å². The van der Waals surface area contributed by atoms with E-state index < -0.39 is 0 Å². The van der Waals surface area contributed by atoms with Crippen LogP contribution in [0, 0.1) is 0 Å². The van der Waals surface area contributed by atoms with Gasteiger partial charge in [-0.2, -0.15) is 5.10 Å². The molecule has 0 aromatic carbocycles. The van der Waals surface area contributed by atoms with E-state index in [1.54, 1.807) is 7.05 Å². The normalized spacial score (nSPS) is 12.9. The van der Waals surface area contributed by atoms with Crippen molar-refractivity contribution in [2.75, 3.05) is 13.6 Å². The average Bonchev–Trinajstić information content (AvgIpc) is 2.96. The zero-order valence-corrected chi connectivity index (χ0v) is 16.0. The van der Waals surface area contributed by atoms with E-state index in [4.69, 9.17) is 0 Å². The smallest absolute Gasteiger partial charge is 0.191 e. The monoisotopic (exact) mass is 342 g/mol. The fourth-order valence-corrected chi connectivity index (χ4v) is 3.05. The molecule has 2 aromatic rings. The van der Waals surface area contributed by atoms with Gasteiger partial charge in [0.05, 0.1) is 5.69 Å². The molecule has 0 fully saturated rings. The Hall–Kier alpha value is -2.37. The predicted molar refractivity (Wildman–Crippen MR) is 103 cm³/mol. The SMILES string of the molecule is CCc1nn(C)c(CC)c1CNC(=NC)NC[C@@H](C)c1ccncc1. The number of pyridine rings is 1. The first-order valence-corrected chi connectivity index (χ1v) is 8.98. The maximum Gasteiger partial charge on any atom is 0.191 e. The highest BCUT2D eigenvalue weighted by molar-refractivity contribution is 5.79. The summed E-state index contributed by atoms with van der Waals surface area (Å²) in [6, 6.07) is 4.11. The minimum Gasteiger partial charge on any atom is -0.356 e. The molecule has 1 atom stereocenters. The largest absolute Gasteiger partial charge is 0.356 e. The van der Waals surface area contributed by atoms with Crippen molar-refractivity contribution in [3.05, 3.63) is 47.0 Å². The molecule has 0 unspecified atom stereocenters. The van der Waals surface area contributed by atoms with E-state index in [-0.39, 0.29) is 0 Å². The van der Waals surface area contributed by atoms with Crippen molar-refractivity contribution in [2.24, 2.45) is 12.0 Å². The van der Waals surface area contributed by atoms with Gasteiger partial charge >= 0.3 is 0 Å². The zero-order valence-electron chi connectivity index (χ0n) is 16.0. The molecule has 0 aliphatic carbocycles. The van der Waals surface area contributed by atoms with E-state index in [9.17, 15) is 0 Å². The highest BCUT2D eigenvalue weighted by atomic mass is 15.3. The van der Waals surface area contributed by atoms with Gasteiger partial charge < -0.3 is 10.6 Å². The number of guanidine groups is 1. The zero-order chi connectivity index (χ0) is 18.2. The van der Waals surface area contributed by atoms with Crippen LogP contribution < -0.4 is 10.6 Å². The van der Waals surface area contributed by atoms with Gasteiger partial charge in [-0.15, -0.1) is 0 Å². The minimum absolute atomic E-state index is 0.386. The molecule has 0 amide bonds. The first kappa shape index (κ1) is 19.0. The Bertz CT molecular complexity index is 689. The van der Waals surface area contributed by atoms with Crippen molar-refractivity contribution in [1.29, 1.82) is 0 Å². The summed E-state index contributed by atoms with van der Waals surface area (Å²) in [4.78, 5) is 8.41. The van der Waals surface area contributed by atoms with Crippen LogP contribution in [0.4, 0.5) is 0 Å². The van der Waals surface area contributed by atoms with Crippen molar-refractivity contribution in [3.63, 3.8) is 0 Å². The molecule has 0 spiro atoms. The van der Waals surface area contributed by atoms with Crippen molar-refractivity contribution in [3.8, 4) is 0 Å². The number of nitrogens with one attached hydrogen (secondary N) is 2. The molecular formula is C19H30N6. The summed E-state index contributed by atoms with van der Waals surface area (Å²) in [5.74, 6) is 1.20. The van der Waals surface area contributed by atoms with Crippen LogP contribution >= 0.6 is 0 Å². The average molecular weight is 342 g/mol. The molecule has 0 radical (unpaired) electrons. The Morgan fingerprint density at radius 2 is 1.92 bits per heavy atom. The van der Waals surface area contributed by atoms with Crippen molar-refractivity contribution in [2.45, 2.75) is 46.1 Å². The lowest BCUT2D eigenvalue weighted by Gasteiger charge is -2.16. The van der Waals surface area contributed by atoms with Crippen LogP contribution in [-0.4, -0.2) is 34.3 Å². The number of aryl methyl sites for hydroxylation is 2. The van der Waals surface area contributed by atoms with Gasteiger partial charge in [-0.1, -0.05) is 20.8 Å². The third-order valence-corrected chi connectivity index (χ3v) is 4.53. The van der Waals surface area contributed by atoms with Crippen molar-refractivity contribution >= 4 is 5.96 Å². The van der Waals surface area contributed by atoms with Gasteiger partial charge in [-0.25, -0.2) is 0 Å². The number of hydrogen-bond donors (Lipinski definition) is 2. The van der Waals surface area contributed by atoms with Crippen LogP contribution in [0.3, 0.4) is 0 Å². The summed E-state index contributed by atoms with van der Waals surface area (Å²) in [7, 11) is 3.82. The molecule has 2 heterocycles. The standard InChI is InChI=1S/C19H30N6/c1-6-17-16(18(7-2)25(5)24-17)13-23-19(20-4)22-12-14(3)15-8-10-21-11-9-15/h8-11,14H,6-7,12-13H2,1-5H3,(H2,20,22,23)/t14-/m1/s1. The predicted octanol–water partition coefficient (Wildman–Crippen LogP) is 2.41. The lowest BCUT2D eigenvalue weighted by Crippen LogP contribution is -2.38. The summed E-state index contributed by atoms with van der Waals surface area (Å²) < 4.78 is 2.00. The molecule has 6 heteroatoms. The summed E-state index contributed by atoms with van der Waals surface area (Å²) in [5, 5.41) is 11.5. The fourth-order valence-electron chi connectivity index (χ4n) is 3.05. The minimum atomic E-state index is 0.386. The van der Waals surface area contributed by atoms with Gasteiger partial charge in [0.25, 0.3) is 0 Å². The second-order valence-corrected chi connectivity index (χ2v) is 6.19. The molecule has 25 heavy (non-hydrogen) atoms. The second-order valence-electron chi connectivity index (χ2n) is 6.19. The molecule has 2 N–H and O–H groups in total. The van der Waals surface area contributed by atoms with E-state index >= 15 is 0 Å². The van der Waals surface area contributed by atoms with Gasteiger partial charge in [0.15, 0.2) is 5.96 Å². The van der Waals surface area contributed by atoms with Gasteiger partial charge in [-0.3, -0.25) is 14.7 Å². The van der Waals surface area contributed by atoms with Crippen LogP contribution in [0.15, 0.2) is 29.5 Å². The lowest BCUT2D eigenvalue weighted by molar-refractivity contribution is 0.693. The van der Waals surface area contributed by atoms with Crippen LogP contribution in [0.25, 0.3) is 0 Å². The third kappa shape index (κ3) is 4.81. The number of nitrogens with zero attached hydrogens (tertiary/aromatic N) is 4. The summed E-state index contributed by atoms with van der Waals surface area (Å²) in [6.07, 6.45) is 5.58. The number of aliphatic imine (C=N–C) groups is 1. The molecule has 0 bridgehead atoms. The molecule has 2 rings (SSSR count). The molecule has 0 aliphatic heterocycles. The summed E-state index contributed by atoms with van der Waals surface area (Å²) in [5.41, 5.74) is 5.00. The Morgan fingerprint density at radius 3 is 2.52 bits per heavy atom. The first-order valence-electron chi connectivity index (χ1n) is 8.98. The Labute approximate surface area is 150 Å². The molecule has 6 nitrogen and oxygen atoms in total. The summed E-state index contributed by atoms with van der Waals surface area (Å²) in [6.45, 7) is 8.07. The fraction of sp³-hybridized carbons (Fsp3) is 0.526. The molecule has 0 saturated carbocycles. The number of hydrogen-bond acceptors (Lipinski definition) is 3. The van der Waals surface area contributed by atoms with E-state index in [1.807, 2.05) is 24.1 Å². The van der Waals surface area contributed by atoms with Crippen LogP contribution in [0.1, 0.15) is 49.2 Å². The van der Waals surface area contributed by atoms with Crippen LogP contribution in [0.5, 0.6) is 0 Å². The lowest BCUT2D eigenvalue weighted by atomic mass is 10.0. The highest BCUT2D eigenvalue weighted by Gasteiger charge is 2.14. The molecule has 0 aliphatic rings. The van der Waals surface area contributed by atoms with Crippen LogP contribution in [0.2, 0.25) is 0 Å². The van der Waals surface area contributed by atoms with Crippen molar-refractivity contribution < 1.29 is 0 Å². The Balaban J connectivity index is 1.95. The summed E-state index contributed by atoms with van der Waals surface area (Å²) >= 11 is 0. The number of rotatable bonds is 7. The van der Waals surface area contributed by atoms with Crippen molar-refractivity contribution in [1.82, 2.24) is 25.4 Å². The number of aromatic nitrogens is 3. The van der Waals surface area contributed by atoms with E-state index in [2.05, 4.69) is 58.6 Å². The van der Waals surface area contributed by atoms with Gasteiger partial charge in [0.2, 0.25) is 0 Å². The Kier molecular flexibility index (Phi) is 6.98. The van der Waals surface area contributed by atoms with Gasteiger partial charge in [-0.05, 0) is 36.5 Å². The maximum absolute atomic E-state index is 4.63. The van der Waals surface area contributed by atoms with E-state index in [0.29, 0.717) is 5.92 Å². The van der Waals surface area contributed by atoms with Gasteiger partial charge in [0, 0.05) is 50.8 Å².